The minimum absolute atomic E-state index is 0.120. The largest absolute Gasteiger partial charge is 0.488 e. The zero-order chi connectivity index (χ0) is 21.9. The maximum atomic E-state index is 13.8. The van der Waals surface area contributed by atoms with Gasteiger partial charge in [0, 0.05) is 11.6 Å². The summed E-state index contributed by atoms with van der Waals surface area (Å²) in [5.74, 6) is -1.69. The molecule has 0 amide bonds. The second-order valence-electron chi connectivity index (χ2n) is 6.17. The van der Waals surface area contributed by atoms with E-state index >= 15 is 0 Å². The van der Waals surface area contributed by atoms with Crippen LogP contribution in [0.4, 0.5) is 17.6 Å². The van der Waals surface area contributed by atoms with E-state index in [0.29, 0.717) is 33.1 Å². The topological polar surface area (TPSA) is 68.7 Å². The third-order valence-electron chi connectivity index (χ3n) is 3.95. The summed E-state index contributed by atoms with van der Waals surface area (Å²) in [4.78, 5) is 15.6. The highest BCUT2D eigenvalue weighted by Crippen LogP contribution is 2.35. The summed E-state index contributed by atoms with van der Waals surface area (Å²) in [6.45, 7) is 1.35. The molecule has 0 saturated carbocycles. The SMILES string of the molecule is Cc1nc(-c2ccc(C(F)(F)F)c(F)c2)sc1COc1cccc(OCC(=O)O)c1. The molecule has 2 aromatic carbocycles. The van der Waals surface area contributed by atoms with Gasteiger partial charge in [-0.15, -0.1) is 11.3 Å². The first-order valence-corrected chi connectivity index (χ1v) is 9.36. The van der Waals surface area contributed by atoms with Crippen molar-refractivity contribution in [1.82, 2.24) is 4.98 Å². The zero-order valence-corrected chi connectivity index (χ0v) is 16.3. The lowest BCUT2D eigenvalue weighted by Crippen LogP contribution is -2.09. The van der Waals surface area contributed by atoms with Crippen molar-refractivity contribution in [3.63, 3.8) is 0 Å². The third kappa shape index (κ3) is 5.26. The Morgan fingerprint density at radius 1 is 1.13 bits per heavy atom. The lowest BCUT2D eigenvalue weighted by molar-refractivity contribution is -0.140. The second kappa shape index (κ2) is 8.70. The monoisotopic (exact) mass is 441 g/mol. The van der Waals surface area contributed by atoms with Crippen LogP contribution in [0.15, 0.2) is 42.5 Å². The molecule has 0 atom stereocenters. The summed E-state index contributed by atoms with van der Waals surface area (Å²) < 4.78 is 62.8. The van der Waals surface area contributed by atoms with Gasteiger partial charge < -0.3 is 14.6 Å². The maximum Gasteiger partial charge on any atom is 0.419 e. The number of hydrogen-bond donors (Lipinski definition) is 1. The predicted octanol–water partition coefficient (Wildman–Crippen LogP) is 5.32. The van der Waals surface area contributed by atoms with E-state index in [-0.39, 0.29) is 12.2 Å². The van der Waals surface area contributed by atoms with Crippen molar-refractivity contribution in [2.24, 2.45) is 0 Å². The minimum atomic E-state index is -4.76. The van der Waals surface area contributed by atoms with Gasteiger partial charge in [0.15, 0.2) is 6.61 Å². The highest BCUT2D eigenvalue weighted by atomic mass is 32.1. The van der Waals surface area contributed by atoms with Crippen LogP contribution in [-0.2, 0) is 17.6 Å². The van der Waals surface area contributed by atoms with E-state index in [2.05, 4.69) is 4.98 Å². The molecule has 1 N–H and O–H groups in total. The Labute approximate surface area is 172 Å². The first kappa shape index (κ1) is 21.6. The summed E-state index contributed by atoms with van der Waals surface area (Å²) in [6.07, 6.45) is -4.76. The van der Waals surface area contributed by atoms with Gasteiger partial charge in [-0.25, -0.2) is 14.2 Å². The molecule has 5 nitrogen and oxygen atoms in total. The number of thiazole rings is 1. The van der Waals surface area contributed by atoms with E-state index in [4.69, 9.17) is 14.6 Å². The average molecular weight is 441 g/mol. The molecule has 0 aliphatic carbocycles. The van der Waals surface area contributed by atoms with Crippen molar-refractivity contribution in [1.29, 1.82) is 0 Å². The van der Waals surface area contributed by atoms with Crippen LogP contribution in [0.1, 0.15) is 16.1 Å². The molecule has 0 bridgehead atoms. The third-order valence-corrected chi connectivity index (χ3v) is 5.13. The molecular weight excluding hydrogens is 426 g/mol. The molecule has 0 fully saturated rings. The van der Waals surface area contributed by atoms with Gasteiger partial charge in [-0.1, -0.05) is 12.1 Å². The van der Waals surface area contributed by atoms with E-state index in [1.807, 2.05) is 0 Å². The summed E-state index contributed by atoms with van der Waals surface area (Å²) in [5, 5.41) is 9.03. The number of hydrogen-bond acceptors (Lipinski definition) is 5. The van der Waals surface area contributed by atoms with Crippen LogP contribution in [0.5, 0.6) is 11.5 Å². The fraction of sp³-hybridized carbons (Fsp3) is 0.200. The number of alkyl halides is 3. The van der Waals surface area contributed by atoms with Crippen LogP contribution in [0.2, 0.25) is 0 Å². The molecule has 158 valence electrons. The van der Waals surface area contributed by atoms with Crippen molar-refractivity contribution in [2.45, 2.75) is 19.7 Å². The molecular formula is C20H15F4NO4S. The first-order chi connectivity index (χ1) is 14.1. The van der Waals surface area contributed by atoms with Crippen molar-refractivity contribution < 1.29 is 36.9 Å². The molecule has 1 heterocycles. The Morgan fingerprint density at radius 2 is 1.83 bits per heavy atom. The normalized spacial score (nSPS) is 11.4. The van der Waals surface area contributed by atoms with E-state index < -0.39 is 30.1 Å². The van der Waals surface area contributed by atoms with Crippen molar-refractivity contribution in [2.75, 3.05) is 6.61 Å². The number of aliphatic carboxylic acids is 1. The van der Waals surface area contributed by atoms with Gasteiger partial charge in [0.25, 0.3) is 0 Å². The van der Waals surface area contributed by atoms with E-state index in [1.165, 1.54) is 23.5 Å². The van der Waals surface area contributed by atoms with Crippen molar-refractivity contribution in [3.8, 4) is 22.1 Å². The molecule has 0 spiro atoms. The Hall–Kier alpha value is -3.14. The maximum absolute atomic E-state index is 13.8. The zero-order valence-electron chi connectivity index (χ0n) is 15.5. The predicted molar refractivity (Wildman–Crippen MR) is 101 cm³/mol. The van der Waals surface area contributed by atoms with Gasteiger partial charge in [0.2, 0.25) is 0 Å². The molecule has 0 saturated heterocycles. The number of rotatable bonds is 7. The molecule has 0 radical (unpaired) electrons. The Morgan fingerprint density at radius 3 is 2.47 bits per heavy atom. The Kier molecular flexibility index (Phi) is 6.25. The molecule has 10 heteroatoms. The molecule has 0 unspecified atom stereocenters. The summed E-state index contributed by atoms with van der Waals surface area (Å²) >= 11 is 1.18. The molecule has 3 aromatic rings. The number of halogens is 4. The quantitative estimate of drug-likeness (QED) is 0.503. The van der Waals surface area contributed by atoms with Crippen LogP contribution < -0.4 is 9.47 Å². The van der Waals surface area contributed by atoms with Crippen LogP contribution in [0.25, 0.3) is 10.6 Å². The average Bonchev–Trinajstić information content (AvgIpc) is 3.05. The summed E-state index contributed by atoms with van der Waals surface area (Å²) in [6, 6.07) is 9.11. The van der Waals surface area contributed by atoms with Gasteiger partial charge >= 0.3 is 12.1 Å². The molecule has 30 heavy (non-hydrogen) atoms. The molecule has 1 aromatic heterocycles. The Balaban J connectivity index is 1.72. The molecule has 0 aliphatic heterocycles. The number of ether oxygens (including phenoxy) is 2. The number of aryl methyl sites for hydroxylation is 1. The van der Waals surface area contributed by atoms with Gasteiger partial charge in [0.05, 0.1) is 16.1 Å². The van der Waals surface area contributed by atoms with Crippen LogP contribution >= 0.6 is 11.3 Å². The number of carboxylic acid groups (broad SMARTS) is 1. The number of benzene rings is 2. The number of aromatic nitrogens is 1. The van der Waals surface area contributed by atoms with Gasteiger partial charge in [-0.05, 0) is 31.2 Å². The van der Waals surface area contributed by atoms with Crippen molar-refractivity contribution >= 4 is 17.3 Å². The van der Waals surface area contributed by atoms with Gasteiger partial charge in [-0.3, -0.25) is 0 Å². The number of carbonyl (C=O) groups is 1. The summed E-state index contributed by atoms with van der Waals surface area (Å²) in [5.41, 5.74) is -0.481. The fourth-order valence-electron chi connectivity index (χ4n) is 2.51. The minimum Gasteiger partial charge on any atom is -0.488 e. The van der Waals surface area contributed by atoms with Crippen LogP contribution in [-0.4, -0.2) is 22.7 Å². The van der Waals surface area contributed by atoms with Gasteiger partial charge in [-0.2, -0.15) is 13.2 Å². The lowest BCUT2D eigenvalue weighted by Gasteiger charge is -2.08. The smallest absolute Gasteiger partial charge is 0.419 e. The van der Waals surface area contributed by atoms with E-state index in [0.717, 1.165) is 6.07 Å². The van der Waals surface area contributed by atoms with Gasteiger partial charge in [0.1, 0.15) is 28.9 Å². The number of carboxylic acids is 1. The lowest BCUT2D eigenvalue weighted by atomic mass is 10.1. The second-order valence-corrected chi connectivity index (χ2v) is 7.25. The molecule has 3 rings (SSSR count). The van der Waals surface area contributed by atoms with E-state index in [9.17, 15) is 22.4 Å². The van der Waals surface area contributed by atoms with E-state index in [1.54, 1.807) is 25.1 Å². The highest BCUT2D eigenvalue weighted by molar-refractivity contribution is 7.15. The summed E-state index contributed by atoms with van der Waals surface area (Å²) in [7, 11) is 0. The number of nitrogens with zero attached hydrogens (tertiary/aromatic N) is 1. The first-order valence-electron chi connectivity index (χ1n) is 8.54. The van der Waals surface area contributed by atoms with Crippen LogP contribution in [0.3, 0.4) is 0 Å². The highest BCUT2D eigenvalue weighted by Gasteiger charge is 2.34. The molecule has 0 aliphatic rings. The fourth-order valence-corrected chi connectivity index (χ4v) is 3.48. The standard InChI is InChI=1S/C20H15F4NO4S/c1-11-17(9-28-13-3-2-4-14(8-13)29-10-18(26)27)30-19(25-11)12-5-6-15(16(21)7-12)20(22,23)24/h2-8H,9-10H2,1H3,(H,26,27). The van der Waals surface area contributed by atoms with Crippen molar-refractivity contribution in [3.05, 3.63) is 64.4 Å². The Bertz CT molecular complexity index is 1070. The van der Waals surface area contributed by atoms with Crippen LogP contribution in [0, 0.1) is 12.7 Å².